The summed E-state index contributed by atoms with van der Waals surface area (Å²) in [6.07, 6.45) is 5.82. The molecule has 1 amide bonds. The molecule has 0 spiro atoms. The van der Waals surface area contributed by atoms with Gasteiger partial charge in [-0.1, -0.05) is 11.6 Å². The Morgan fingerprint density at radius 1 is 1.33 bits per heavy atom. The lowest BCUT2D eigenvalue weighted by atomic mass is 10.0. The van der Waals surface area contributed by atoms with Crippen LogP contribution in [0.15, 0.2) is 36.7 Å². The first-order chi connectivity index (χ1) is 11.7. The van der Waals surface area contributed by atoms with Crippen LogP contribution < -0.4 is 0 Å². The summed E-state index contributed by atoms with van der Waals surface area (Å²) >= 11 is 0. The van der Waals surface area contributed by atoms with Crippen LogP contribution in [0, 0.1) is 6.92 Å². The Morgan fingerprint density at radius 2 is 2.25 bits per heavy atom. The number of nitrogens with zero attached hydrogens (tertiary/aromatic N) is 3. The second kappa shape index (κ2) is 6.07. The predicted molar refractivity (Wildman–Crippen MR) is 92.5 cm³/mol. The van der Waals surface area contributed by atoms with Gasteiger partial charge in [0.25, 0.3) is 0 Å². The van der Waals surface area contributed by atoms with E-state index in [2.05, 4.69) is 40.3 Å². The molecule has 0 aliphatic carbocycles. The number of rotatable bonds is 3. The van der Waals surface area contributed by atoms with Gasteiger partial charge in [0.15, 0.2) is 0 Å². The van der Waals surface area contributed by atoms with Gasteiger partial charge in [-0.25, -0.2) is 0 Å². The van der Waals surface area contributed by atoms with E-state index < -0.39 is 0 Å². The summed E-state index contributed by atoms with van der Waals surface area (Å²) < 4.78 is 0. The van der Waals surface area contributed by atoms with E-state index in [0.29, 0.717) is 13.0 Å². The Hall–Kier alpha value is -2.69. The number of amides is 1. The molecule has 3 heterocycles. The predicted octanol–water partition coefficient (Wildman–Crippen LogP) is 2.78. The van der Waals surface area contributed by atoms with E-state index in [-0.39, 0.29) is 5.91 Å². The van der Waals surface area contributed by atoms with Gasteiger partial charge in [-0.2, -0.15) is 10.2 Å². The molecule has 0 atom stereocenters. The number of aryl methyl sites for hydroxylation is 2. The van der Waals surface area contributed by atoms with Crippen LogP contribution in [-0.4, -0.2) is 32.5 Å². The van der Waals surface area contributed by atoms with Crippen molar-refractivity contribution in [2.75, 3.05) is 6.54 Å². The fourth-order valence-electron chi connectivity index (χ4n) is 3.38. The van der Waals surface area contributed by atoms with E-state index in [1.54, 1.807) is 6.20 Å². The van der Waals surface area contributed by atoms with E-state index in [0.717, 1.165) is 36.2 Å². The molecule has 1 aromatic carbocycles. The van der Waals surface area contributed by atoms with Gasteiger partial charge in [-0.3, -0.25) is 4.79 Å². The first-order valence-corrected chi connectivity index (χ1v) is 8.34. The minimum atomic E-state index is 0.208. The Balaban J connectivity index is 1.44. The summed E-state index contributed by atoms with van der Waals surface area (Å²) in [7, 11) is 0. The quantitative estimate of drug-likeness (QED) is 0.807. The monoisotopic (exact) mass is 320 g/mol. The number of hydrogen-bond acceptors (Lipinski definition) is 3. The molecule has 24 heavy (non-hydrogen) atoms. The maximum atomic E-state index is 12.6. The third-order valence-corrected chi connectivity index (χ3v) is 4.76. The average molecular weight is 320 g/mol. The van der Waals surface area contributed by atoms with Crippen molar-refractivity contribution in [3.05, 3.63) is 59.0 Å². The molecule has 1 aliphatic heterocycles. The lowest BCUT2D eigenvalue weighted by Gasteiger charge is -2.27. The van der Waals surface area contributed by atoms with Gasteiger partial charge in [0.2, 0.25) is 5.91 Å². The first kappa shape index (κ1) is 14.9. The zero-order valence-electron chi connectivity index (χ0n) is 13.7. The minimum absolute atomic E-state index is 0.208. The molecule has 1 N–H and O–H groups in total. The molecule has 4 rings (SSSR count). The normalized spacial score (nSPS) is 14.0. The molecule has 0 saturated heterocycles. The number of aromatic nitrogens is 3. The van der Waals surface area contributed by atoms with Crippen LogP contribution in [0.25, 0.3) is 10.9 Å². The number of aromatic amines is 1. The molecular formula is C19H20N4O. The largest absolute Gasteiger partial charge is 0.361 e. The van der Waals surface area contributed by atoms with E-state index in [1.807, 2.05) is 17.2 Å². The van der Waals surface area contributed by atoms with E-state index in [9.17, 15) is 4.79 Å². The van der Waals surface area contributed by atoms with Crippen LogP contribution in [0.2, 0.25) is 0 Å². The second-order valence-electron chi connectivity index (χ2n) is 6.43. The third kappa shape index (κ3) is 2.77. The van der Waals surface area contributed by atoms with Gasteiger partial charge in [-0.15, -0.1) is 0 Å². The van der Waals surface area contributed by atoms with Crippen LogP contribution in [0.5, 0.6) is 0 Å². The van der Waals surface area contributed by atoms with Crippen molar-refractivity contribution in [3.63, 3.8) is 0 Å². The van der Waals surface area contributed by atoms with Crippen LogP contribution in [0.1, 0.15) is 28.8 Å². The molecular weight excluding hydrogens is 300 g/mol. The summed E-state index contributed by atoms with van der Waals surface area (Å²) in [4.78, 5) is 17.8. The maximum Gasteiger partial charge on any atom is 0.223 e. The highest BCUT2D eigenvalue weighted by molar-refractivity contribution is 5.85. The molecule has 0 unspecified atom stereocenters. The third-order valence-electron chi connectivity index (χ3n) is 4.76. The van der Waals surface area contributed by atoms with E-state index in [4.69, 9.17) is 0 Å². The summed E-state index contributed by atoms with van der Waals surface area (Å²) in [6.45, 7) is 3.48. The highest BCUT2D eigenvalue weighted by Crippen LogP contribution is 2.22. The Labute approximate surface area is 140 Å². The SMILES string of the molecule is Cc1ccc2[nH]cc(CCC(=O)N3CCc4nnccc4C3)c2c1. The number of carbonyl (C=O) groups excluding carboxylic acids is 1. The highest BCUT2D eigenvalue weighted by atomic mass is 16.2. The summed E-state index contributed by atoms with van der Waals surface area (Å²) in [5.74, 6) is 0.208. The lowest BCUT2D eigenvalue weighted by Crippen LogP contribution is -2.36. The van der Waals surface area contributed by atoms with Crippen LogP contribution in [0.3, 0.4) is 0 Å². The van der Waals surface area contributed by atoms with Crippen molar-refractivity contribution < 1.29 is 4.79 Å². The summed E-state index contributed by atoms with van der Waals surface area (Å²) in [6, 6.07) is 8.34. The first-order valence-electron chi connectivity index (χ1n) is 8.34. The molecule has 122 valence electrons. The number of hydrogen-bond donors (Lipinski definition) is 1. The fourth-order valence-corrected chi connectivity index (χ4v) is 3.38. The van der Waals surface area contributed by atoms with Gasteiger partial charge in [-0.05, 0) is 42.7 Å². The Morgan fingerprint density at radius 3 is 3.17 bits per heavy atom. The summed E-state index contributed by atoms with van der Waals surface area (Å²) in [5, 5.41) is 9.29. The van der Waals surface area contributed by atoms with Crippen molar-refractivity contribution >= 4 is 16.8 Å². The van der Waals surface area contributed by atoms with Crippen molar-refractivity contribution in [1.29, 1.82) is 0 Å². The fraction of sp³-hybridized carbons (Fsp3) is 0.316. The Kier molecular flexibility index (Phi) is 3.76. The maximum absolute atomic E-state index is 12.6. The van der Waals surface area contributed by atoms with Gasteiger partial charge in [0, 0.05) is 49.2 Å². The topological polar surface area (TPSA) is 61.9 Å². The molecule has 0 saturated carbocycles. The van der Waals surface area contributed by atoms with Crippen LogP contribution in [-0.2, 0) is 24.2 Å². The standard InChI is InChI=1S/C19H20N4O/c1-13-2-4-18-16(10-13)14(11-20-18)3-5-19(24)23-9-7-17-15(12-23)6-8-21-22-17/h2,4,6,8,10-11,20H,3,5,7,9,12H2,1H3. The number of nitrogens with one attached hydrogen (secondary N) is 1. The van der Waals surface area contributed by atoms with Gasteiger partial charge in [0.1, 0.15) is 0 Å². The molecule has 1 aliphatic rings. The molecule has 0 radical (unpaired) electrons. The lowest BCUT2D eigenvalue weighted by molar-refractivity contribution is -0.132. The number of carbonyl (C=O) groups is 1. The summed E-state index contributed by atoms with van der Waals surface area (Å²) in [5.41, 5.74) is 5.73. The van der Waals surface area contributed by atoms with Gasteiger partial charge in [0.05, 0.1) is 5.69 Å². The molecule has 0 bridgehead atoms. The van der Waals surface area contributed by atoms with E-state index >= 15 is 0 Å². The Bertz CT molecular complexity index is 899. The second-order valence-corrected chi connectivity index (χ2v) is 6.43. The molecule has 5 heteroatoms. The van der Waals surface area contributed by atoms with Crippen LogP contribution in [0.4, 0.5) is 0 Å². The van der Waals surface area contributed by atoms with Gasteiger partial charge < -0.3 is 9.88 Å². The number of fused-ring (bicyclic) bond motifs is 2. The molecule has 2 aromatic heterocycles. The number of benzene rings is 1. The smallest absolute Gasteiger partial charge is 0.223 e. The van der Waals surface area contributed by atoms with Crippen molar-refractivity contribution in [3.8, 4) is 0 Å². The minimum Gasteiger partial charge on any atom is -0.361 e. The zero-order chi connectivity index (χ0) is 16.5. The van der Waals surface area contributed by atoms with Crippen molar-refractivity contribution in [2.45, 2.75) is 32.7 Å². The van der Waals surface area contributed by atoms with Gasteiger partial charge >= 0.3 is 0 Å². The van der Waals surface area contributed by atoms with Crippen molar-refractivity contribution in [2.24, 2.45) is 0 Å². The number of H-pyrrole nitrogens is 1. The van der Waals surface area contributed by atoms with Crippen LogP contribution >= 0.6 is 0 Å². The molecule has 5 nitrogen and oxygen atoms in total. The zero-order valence-corrected chi connectivity index (χ0v) is 13.7. The van der Waals surface area contributed by atoms with E-state index in [1.165, 1.54) is 16.5 Å². The molecule has 3 aromatic rings. The van der Waals surface area contributed by atoms with Crippen molar-refractivity contribution in [1.82, 2.24) is 20.1 Å². The molecule has 0 fully saturated rings. The highest BCUT2D eigenvalue weighted by Gasteiger charge is 2.21. The average Bonchev–Trinajstić information content (AvgIpc) is 3.01.